The second-order valence-electron chi connectivity index (χ2n) is 3.49. The second kappa shape index (κ2) is 4.33. The van der Waals surface area contributed by atoms with Crippen molar-refractivity contribution in [2.24, 2.45) is 0 Å². The van der Waals surface area contributed by atoms with Crippen molar-refractivity contribution >= 4 is 5.69 Å². The van der Waals surface area contributed by atoms with Crippen LogP contribution in [-0.4, -0.2) is 19.3 Å². The fourth-order valence-electron chi connectivity index (χ4n) is 1.21. The summed E-state index contributed by atoms with van der Waals surface area (Å²) >= 11 is 0. The molecule has 3 heteroatoms. The normalized spacial score (nSPS) is 15.4. The number of ether oxygens (including phenoxy) is 2. The van der Waals surface area contributed by atoms with Gasteiger partial charge in [-0.15, -0.1) is 0 Å². The highest BCUT2D eigenvalue weighted by molar-refractivity contribution is 5.43. The van der Waals surface area contributed by atoms with Crippen LogP contribution in [0.15, 0.2) is 24.3 Å². The molecule has 1 aromatic rings. The summed E-state index contributed by atoms with van der Waals surface area (Å²) < 4.78 is 10.9. The van der Waals surface area contributed by atoms with E-state index in [2.05, 4.69) is 0 Å². The van der Waals surface area contributed by atoms with Crippen LogP contribution in [0.5, 0.6) is 5.75 Å². The SMILES string of the molecule is Nc1cccc(OCCOC2CC2)c1. The van der Waals surface area contributed by atoms with Crippen LogP contribution in [0.2, 0.25) is 0 Å². The molecular weight excluding hydrogens is 178 g/mol. The van der Waals surface area contributed by atoms with Gasteiger partial charge in [-0.3, -0.25) is 0 Å². The van der Waals surface area contributed by atoms with Crippen molar-refractivity contribution in [2.45, 2.75) is 18.9 Å². The molecule has 2 rings (SSSR count). The number of hydrogen-bond acceptors (Lipinski definition) is 3. The summed E-state index contributed by atoms with van der Waals surface area (Å²) in [5, 5.41) is 0. The molecule has 0 aromatic heterocycles. The molecule has 0 unspecified atom stereocenters. The van der Waals surface area contributed by atoms with E-state index in [0.29, 0.717) is 19.3 Å². The van der Waals surface area contributed by atoms with Gasteiger partial charge in [0, 0.05) is 11.8 Å². The maximum atomic E-state index is 5.61. The molecule has 0 bridgehead atoms. The monoisotopic (exact) mass is 193 g/mol. The quantitative estimate of drug-likeness (QED) is 0.573. The zero-order valence-electron chi connectivity index (χ0n) is 8.11. The van der Waals surface area contributed by atoms with Crippen molar-refractivity contribution in [3.05, 3.63) is 24.3 Å². The van der Waals surface area contributed by atoms with Gasteiger partial charge in [0.05, 0.1) is 12.7 Å². The molecule has 1 aliphatic rings. The van der Waals surface area contributed by atoms with Gasteiger partial charge in [-0.2, -0.15) is 0 Å². The number of nitrogen functional groups attached to an aromatic ring is 1. The maximum absolute atomic E-state index is 5.61. The highest BCUT2D eigenvalue weighted by Crippen LogP contribution is 2.23. The van der Waals surface area contributed by atoms with Crippen LogP contribution >= 0.6 is 0 Å². The molecule has 1 saturated carbocycles. The third-order valence-electron chi connectivity index (χ3n) is 2.09. The van der Waals surface area contributed by atoms with Crippen molar-refractivity contribution in [3.8, 4) is 5.75 Å². The van der Waals surface area contributed by atoms with E-state index < -0.39 is 0 Å². The van der Waals surface area contributed by atoms with Crippen molar-refractivity contribution in [2.75, 3.05) is 18.9 Å². The van der Waals surface area contributed by atoms with E-state index in [1.165, 1.54) is 12.8 Å². The van der Waals surface area contributed by atoms with Crippen LogP contribution in [0.4, 0.5) is 5.69 Å². The fraction of sp³-hybridized carbons (Fsp3) is 0.455. The Hall–Kier alpha value is -1.22. The molecule has 1 aliphatic carbocycles. The minimum atomic E-state index is 0.499. The molecule has 0 aliphatic heterocycles. The first-order valence-corrected chi connectivity index (χ1v) is 4.94. The van der Waals surface area contributed by atoms with Crippen molar-refractivity contribution in [3.63, 3.8) is 0 Å². The van der Waals surface area contributed by atoms with Gasteiger partial charge in [0.1, 0.15) is 12.4 Å². The Balaban J connectivity index is 1.68. The fourth-order valence-corrected chi connectivity index (χ4v) is 1.21. The summed E-state index contributed by atoms with van der Waals surface area (Å²) in [6, 6.07) is 7.44. The Kier molecular flexibility index (Phi) is 2.89. The number of hydrogen-bond donors (Lipinski definition) is 1. The van der Waals surface area contributed by atoms with E-state index in [-0.39, 0.29) is 0 Å². The standard InChI is InChI=1S/C11H15NO2/c12-9-2-1-3-11(8-9)14-7-6-13-10-4-5-10/h1-3,8,10H,4-7,12H2. The summed E-state index contributed by atoms with van der Waals surface area (Å²) in [5.74, 6) is 0.810. The van der Waals surface area contributed by atoms with Crippen LogP contribution < -0.4 is 10.5 Å². The molecule has 76 valence electrons. The Bertz CT molecular complexity index is 297. The van der Waals surface area contributed by atoms with Gasteiger partial charge >= 0.3 is 0 Å². The molecule has 14 heavy (non-hydrogen) atoms. The first-order valence-electron chi connectivity index (χ1n) is 4.94. The highest BCUT2D eigenvalue weighted by Gasteiger charge is 2.21. The molecule has 0 saturated heterocycles. The summed E-state index contributed by atoms with van der Waals surface area (Å²) in [4.78, 5) is 0. The Morgan fingerprint density at radius 3 is 2.86 bits per heavy atom. The molecule has 0 radical (unpaired) electrons. The maximum Gasteiger partial charge on any atom is 0.121 e. The van der Waals surface area contributed by atoms with Gasteiger partial charge in [-0.25, -0.2) is 0 Å². The molecule has 0 heterocycles. The summed E-state index contributed by atoms with van der Waals surface area (Å²) in [5.41, 5.74) is 6.34. The number of anilines is 1. The zero-order valence-corrected chi connectivity index (χ0v) is 8.11. The predicted molar refractivity (Wildman–Crippen MR) is 55.3 cm³/mol. The van der Waals surface area contributed by atoms with E-state index in [0.717, 1.165) is 11.4 Å². The lowest BCUT2D eigenvalue weighted by Crippen LogP contribution is -2.07. The summed E-state index contributed by atoms with van der Waals surface area (Å²) in [7, 11) is 0. The van der Waals surface area contributed by atoms with Crippen molar-refractivity contribution in [1.82, 2.24) is 0 Å². The molecule has 0 amide bonds. The lowest BCUT2D eigenvalue weighted by molar-refractivity contribution is 0.0881. The van der Waals surface area contributed by atoms with Crippen LogP contribution in [0.1, 0.15) is 12.8 Å². The molecule has 1 aromatic carbocycles. The molecule has 0 atom stereocenters. The van der Waals surface area contributed by atoms with Gasteiger partial charge in [-0.1, -0.05) is 6.07 Å². The third kappa shape index (κ3) is 2.92. The topological polar surface area (TPSA) is 44.5 Å². The van der Waals surface area contributed by atoms with E-state index in [9.17, 15) is 0 Å². The smallest absolute Gasteiger partial charge is 0.121 e. The number of nitrogens with two attached hydrogens (primary N) is 1. The van der Waals surface area contributed by atoms with Gasteiger partial charge in [0.25, 0.3) is 0 Å². The van der Waals surface area contributed by atoms with E-state index in [1.54, 1.807) is 0 Å². The van der Waals surface area contributed by atoms with E-state index >= 15 is 0 Å². The molecule has 3 nitrogen and oxygen atoms in total. The molecule has 1 fully saturated rings. The Morgan fingerprint density at radius 2 is 2.14 bits per heavy atom. The Labute approximate surface area is 83.8 Å². The average Bonchev–Trinajstić information content (AvgIpc) is 2.96. The lowest BCUT2D eigenvalue weighted by Gasteiger charge is -2.06. The van der Waals surface area contributed by atoms with Crippen LogP contribution in [0.3, 0.4) is 0 Å². The zero-order chi connectivity index (χ0) is 9.80. The minimum Gasteiger partial charge on any atom is -0.491 e. The first kappa shape index (κ1) is 9.34. The van der Waals surface area contributed by atoms with Crippen LogP contribution in [0.25, 0.3) is 0 Å². The van der Waals surface area contributed by atoms with E-state index in [4.69, 9.17) is 15.2 Å². The first-order chi connectivity index (χ1) is 6.84. The summed E-state index contributed by atoms with van der Waals surface area (Å²) in [6.07, 6.45) is 2.91. The highest BCUT2D eigenvalue weighted by atomic mass is 16.5. The number of benzene rings is 1. The predicted octanol–water partition coefficient (Wildman–Crippen LogP) is 1.83. The third-order valence-corrected chi connectivity index (χ3v) is 2.09. The molecule has 2 N–H and O–H groups in total. The van der Waals surface area contributed by atoms with Gasteiger partial charge < -0.3 is 15.2 Å². The average molecular weight is 193 g/mol. The van der Waals surface area contributed by atoms with Gasteiger partial charge in [0.2, 0.25) is 0 Å². The summed E-state index contributed by atoms with van der Waals surface area (Å²) in [6.45, 7) is 1.26. The number of rotatable bonds is 5. The Morgan fingerprint density at radius 1 is 1.29 bits per heavy atom. The van der Waals surface area contributed by atoms with Gasteiger partial charge in [-0.05, 0) is 25.0 Å². The van der Waals surface area contributed by atoms with E-state index in [1.807, 2.05) is 24.3 Å². The van der Waals surface area contributed by atoms with Gasteiger partial charge in [0.15, 0.2) is 0 Å². The van der Waals surface area contributed by atoms with Crippen LogP contribution in [0, 0.1) is 0 Å². The molecular formula is C11H15NO2. The largest absolute Gasteiger partial charge is 0.491 e. The van der Waals surface area contributed by atoms with Crippen molar-refractivity contribution in [1.29, 1.82) is 0 Å². The minimum absolute atomic E-state index is 0.499. The van der Waals surface area contributed by atoms with Crippen molar-refractivity contribution < 1.29 is 9.47 Å². The second-order valence-corrected chi connectivity index (χ2v) is 3.49. The molecule has 0 spiro atoms. The lowest BCUT2D eigenvalue weighted by atomic mass is 10.3. The van der Waals surface area contributed by atoms with Crippen LogP contribution in [-0.2, 0) is 4.74 Å².